The zero-order valence-electron chi connectivity index (χ0n) is 9.82. The zero-order valence-corrected chi connectivity index (χ0v) is 9.82. The lowest BCUT2D eigenvalue weighted by atomic mass is 10.0. The average Bonchev–Trinajstić information content (AvgIpc) is 2.86. The lowest BCUT2D eigenvalue weighted by Crippen LogP contribution is -2.30. The molecule has 3 unspecified atom stereocenters. The van der Waals surface area contributed by atoms with Crippen molar-refractivity contribution in [2.75, 3.05) is 32.8 Å². The van der Waals surface area contributed by atoms with Gasteiger partial charge < -0.3 is 15.4 Å². The lowest BCUT2D eigenvalue weighted by Gasteiger charge is -2.19. The van der Waals surface area contributed by atoms with Crippen LogP contribution in [0.5, 0.6) is 0 Å². The molecule has 2 N–H and O–H groups in total. The Hall–Kier alpha value is -0.120. The molecular weight excluding hydrogens is 188 g/mol. The van der Waals surface area contributed by atoms with Gasteiger partial charge in [0.1, 0.15) is 0 Å². The SMILES string of the molecule is CC(N)C1CCN(CCC2CCOC2)C1. The van der Waals surface area contributed by atoms with Crippen LogP contribution < -0.4 is 5.73 Å². The Morgan fingerprint density at radius 3 is 2.93 bits per heavy atom. The van der Waals surface area contributed by atoms with E-state index in [2.05, 4.69) is 11.8 Å². The van der Waals surface area contributed by atoms with Crippen LogP contribution in [0.3, 0.4) is 0 Å². The number of hydrogen-bond donors (Lipinski definition) is 1. The van der Waals surface area contributed by atoms with Crippen LogP contribution in [0.25, 0.3) is 0 Å². The quantitative estimate of drug-likeness (QED) is 0.758. The van der Waals surface area contributed by atoms with E-state index in [-0.39, 0.29) is 0 Å². The van der Waals surface area contributed by atoms with Crippen LogP contribution in [-0.2, 0) is 4.74 Å². The topological polar surface area (TPSA) is 38.5 Å². The summed E-state index contributed by atoms with van der Waals surface area (Å²) < 4.78 is 5.39. The van der Waals surface area contributed by atoms with E-state index >= 15 is 0 Å². The van der Waals surface area contributed by atoms with E-state index < -0.39 is 0 Å². The van der Waals surface area contributed by atoms with Gasteiger partial charge >= 0.3 is 0 Å². The minimum Gasteiger partial charge on any atom is -0.381 e. The molecule has 0 bridgehead atoms. The van der Waals surface area contributed by atoms with E-state index in [1.807, 2.05) is 0 Å². The molecule has 0 amide bonds. The van der Waals surface area contributed by atoms with Gasteiger partial charge in [-0.2, -0.15) is 0 Å². The minimum absolute atomic E-state index is 0.366. The maximum atomic E-state index is 5.93. The molecule has 2 aliphatic heterocycles. The van der Waals surface area contributed by atoms with Crippen molar-refractivity contribution in [3.8, 4) is 0 Å². The van der Waals surface area contributed by atoms with Gasteiger partial charge in [-0.05, 0) is 51.1 Å². The highest BCUT2D eigenvalue weighted by Gasteiger charge is 2.25. The van der Waals surface area contributed by atoms with Crippen LogP contribution in [0.2, 0.25) is 0 Å². The van der Waals surface area contributed by atoms with E-state index in [1.165, 1.54) is 38.9 Å². The highest BCUT2D eigenvalue weighted by Crippen LogP contribution is 2.21. The molecular formula is C12H24N2O. The summed E-state index contributed by atoms with van der Waals surface area (Å²) in [6.07, 6.45) is 3.87. The highest BCUT2D eigenvalue weighted by atomic mass is 16.5. The molecule has 3 heteroatoms. The summed E-state index contributed by atoms with van der Waals surface area (Å²) >= 11 is 0. The van der Waals surface area contributed by atoms with E-state index in [4.69, 9.17) is 10.5 Å². The van der Waals surface area contributed by atoms with Crippen LogP contribution in [0.1, 0.15) is 26.2 Å². The molecule has 2 saturated heterocycles. The summed E-state index contributed by atoms with van der Waals surface area (Å²) in [7, 11) is 0. The molecule has 3 atom stereocenters. The summed E-state index contributed by atoms with van der Waals surface area (Å²) in [4.78, 5) is 2.58. The maximum absolute atomic E-state index is 5.93. The highest BCUT2D eigenvalue weighted by molar-refractivity contribution is 4.81. The van der Waals surface area contributed by atoms with Gasteiger partial charge in [-0.1, -0.05) is 0 Å². The summed E-state index contributed by atoms with van der Waals surface area (Å²) in [5.41, 5.74) is 5.93. The van der Waals surface area contributed by atoms with Gasteiger partial charge in [0.15, 0.2) is 0 Å². The predicted molar refractivity (Wildman–Crippen MR) is 61.7 cm³/mol. The number of ether oxygens (including phenoxy) is 1. The number of rotatable bonds is 4. The largest absolute Gasteiger partial charge is 0.381 e. The van der Waals surface area contributed by atoms with Gasteiger partial charge in [0, 0.05) is 25.8 Å². The van der Waals surface area contributed by atoms with Crippen molar-refractivity contribution in [2.24, 2.45) is 17.6 Å². The Bertz CT molecular complexity index is 190. The maximum Gasteiger partial charge on any atom is 0.0495 e. The third-order valence-corrected chi connectivity index (χ3v) is 3.93. The smallest absolute Gasteiger partial charge is 0.0495 e. The summed E-state index contributed by atoms with van der Waals surface area (Å²) in [6, 6.07) is 0.366. The van der Waals surface area contributed by atoms with Crippen LogP contribution in [0.4, 0.5) is 0 Å². The molecule has 0 aromatic heterocycles. The second kappa shape index (κ2) is 5.28. The molecule has 0 aliphatic carbocycles. The Morgan fingerprint density at radius 2 is 2.33 bits per heavy atom. The third-order valence-electron chi connectivity index (χ3n) is 3.93. The van der Waals surface area contributed by atoms with Crippen molar-refractivity contribution in [1.29, 1.82) is 0 Å². The molecule has 15 heavy (non-hydrogen) atoms. The van der Waals surface area contributed by atoms with Gasteiger partial charge in [0.05, 0.1) is 0 Å². The molecule has 0 saturated carbocycles. The minimum atomic E-state index is 0.366. The van der Waals surface area contributed by atoms with Crippen LogP contribution in [0, 0.1) is 11.8 Å². The van der Waals surface area contributed by atoms with Crippen molar-refractivity contribution in [2.45, 2.75) is 32.2 Å². The van der Waals surface area contributed by atoms with E-state index in [0.29, 0.717) is 6.04 Å². The number of nitrogens with zero attached hydrogens (tertiary/aromatic N) is 1. The molecule has 0 aromatic carbocycles. The summed E-state index contributed by atoms with van der Waals surface area (Å²) in [5.74, 6) is 1.55. The van der Waals surface area contributed by atoms with E-state index in [0.717, 1.165) is 25.0 Å². The Labute approximate surface area is 93.0 Å². The molecule has 2 fully saturated rings. The second-order valence-corrected chi connectivity index (χ2v) is 5.23. The zero-order chi connectivity index (χ0) is 10.7. The Morgan fingerprint density at radius 1 is 1.47 bits per heavy atom. The monoisotopic (exact) mass is 212 g/mol. The predicted octanol–water partition coefficient (Wildman–Crippen LogP) is 1.08. The molecule has 0 radical (unpaired) electrons. The summed E-state index contributed by atoms with van der Waals surface area (Å²) in [6.45, 7) is 7.82. The van der Waals surface area contributed by atoms with Crippen molar-refractivity contribution < 1.29 is 4.74 Å². The fourth-order valence-electron chi connectivity index (χ4n) is 2.67. The van der Waals surface area contributed by atoms with Gasteiger partial charge in [-0.3, -0.25) is 0 Å². The number of likely N-dealkylation sites (tertiary alicyclic amines) is 1. The number of nitrogens with two attached hydrogens (primary N) is 1. The van der Waals surface area contributed by atoms with Gasteiger partial charge in [-0.25, -0.2) is 0 Å². The van der Waals surface area contributed by atoms with Crippen molar-refractivity contribution in [3.63, 3.8) is 0 Å². The first kappa shape index (κ1) is 11.4. The van der Waals surface area contributed by atoms with Gasteiger partial charge in [0.25, 0.3) is 0 Å². The number of hydrogen-bond acceptors (Lipinski definition) is 3. The van der Waals surface area contributed by atoms with Crippen LogP contribution in [-0.4, -0.2) is 43.8 Å². The molecule has 2 rings (SSSR count). The van der Waals surface area contributed by atoms with Gasteiger partial charge in [0.2, 0.25) is 0 Å². The molecule has 88 valence electrons. The first-order valence-electron chi connectivity index (χ1n) is 6.31. The van der Waals surface area contributed by atoms with Gasteiger partial charge in [-0.15, -0.1) is 0 Å². The standard InChI is InChI=1S/C12H24N2O/c1-10(13)12-3-6-14(8-12)5-2-11-4-7-15-9-11/h10-12H,2-9,13H2,1H3. The fourth-order valence-corrected chi connectivity index (χ4v) is 2.67. The third kappa shape index (κ3) is 3.16. The second-order valence-electron chi connectivity index (χ2n) is 5.23. The fraction of sp³-hybridized carbons (Fsp3) is 1.00. The molecule has 0 spiro atoms. The van der Waals surface area contributed by atoms with Crippen LogP contribution in [0.15, 0.2) is 0 Å². The van der Waals surface area contributed by atoms with Crippen LogP contribution >= 0.6 is 0 Å². The lowest BCUT2D eigenvalue weighted by molar-refractivity contribution is 0.180. The van der Waals surface area contributed by atoms with E-state index in [1.54, 1.807) is 0 Å². The van der Waals surface area contributed by atoms with E-state index in [9.17, 15) is 0 Å². The normalized spacial score (nSPS) is 34.8. The molecule has 2 aliphatic rings. The molecule has 2 heterocycles. The summed E-state index contributed by atoms with van der Waals surface area (Å²) in [5, 5.41) is 0. The Kier molecular flexibility index (Phi) is 4.00. The first-order chi connectivity index (χ1) is 7.25. The average molecular weight is 212 g/mol. The first-order valence-corrected chi connectivity index (χ1v) is 6.31. The van der Waals surface area contributed by atoms with Crippen molar-refractivity contribution >= 4 is 0 Å². The molecule has 3 nitrogen and oxygen atoms in total. The molecule has 0 aromatic rings. The van der Waals surface area contributed by atoms with Crippen molar-refractivity contribution in [1.82, 2.24) is 4.90 Å². The van der Waals surface area contributed by atoms with Crippen molar-refractivity contribution in [3.05, 3.63) is 0 Å². The Balaban J connectivity index is 1.64.